The monoisotopic (exact) mass is 286 g/mol. The molecule has 2 amide bonds. The number of rotatable bonds is 4. The normalized spacial score (nSPS) is 20.9. The third-order valence-electron chi connectivity index (χ3n) is 2.71. The van der Waals surface area contributed by atoms with E-state index in [1.807, 2.05) is 0 Å². The average Bonchev–Trinajstić information content (AvgIpc) is 2.33. The minimum atomic E-state index is -4.25. The fraction of sp³-hybridized carbons (Fsp3) is 0.900. The molecule has 1 rings (SSSR count). The summed E-state index contributed by atoms with van der Waals surface area (Å²) in [6.07, 6.45) is 1.69. The molecule has 1 saturated heterocycles. The van der Waals surface area contributed by atoms with Gasteiger partial charge in [0, 0.05) is 32.0 Å². The van der Waals surface area contributed by atoms with Gasteiger partial charge >= 0.3 is 11.5 Å². The second kappa shape index (κ2) is 7.08. The van der Waals surface area contributed by atoms with Gasteiger partial charge in [-0.25, -0.2) is 4.79 Å². The lowest BCUT2D eigenvalue weighted by atomic mass is 9.99. The number of urea groups is 1. The standard InChI is InChI=1S/C10H17F3N2O2S/c11-10(12,13)18-5-3-14-9(17)15-4-1-2-8(6-15)7-16/h8,16H,1-7H2,(H,14,17)/t8-/m1/s1. The van der Waals surface area contributed by atoms with Crippen molar-refractivity contribution in [2.45, 2.75) is 18.3 Å². The molecule has 1 aliphatic rings. The van der Waals surface area contributed by atoms with Crippen molar-refractivity contribution < 1.29 is 23.1 Å². The first-order valence-electron chi connectivity index (χ1n) is 5.76. The van der Waals surface area contributed by atoms with Crippen LogP contribution in [0.15, 0.2) is 0 Å². The number of alkyl halides is 3. The number of aliphatic hydroxyl groups is 1. The van der Waals surface area contributed by atoms with Gasteiger partial charge in [0.15, 0.2) is 0 Å². The SMILES string of the molecule is O=C(NCCSC(F)(F)F)N1CCC[C@@H](CO)C1. The van der Waals surface area contributed by atoms with Gasteiger partial charge in [-0.1, -0.05) is 0 Å². The number of halogens is 3. The molecule has 0 unspecified atom stereocenters. The molecule has 8 heteroatoms. The number of nitrogens with one attached hydrogen (secondary N) is 1. The van der Waals surface area contributed by atoms with E-state index in [4.69, 9.17) is 5.11 Å². The highest BCUT2D eigenvalue weighted by molar-refractivity contribution is 8.00. The minimum absolute atomic E-state index is 0.0106. The van der Waals surface area contributed by atoms with Crippen molar-refractivity contribution in [1.82, 2.24) is 10.2 Å². The van der Waals surface area contributed by atoms with E-state index in [9.17, 15) is 18.0 Å². The lowest BCUT2D eigenvalue weighted by Crippen LogP contribution is -2.46. The van der Waals surface area contributed by atoms with Crippen LogP contribution in [0.1, 0.15) is 12.8 Å². The van der Waals surface area contributed by atoms with Crippen LogP contribution in [0, 0.1) is 5.92 Å². The summed E-state index contributed by atoms with van der Waals surface area (Å²) in [5.41, 5.74) is -4.25. The van der Waals surface area contributed by atoms with Gasteiger partial charge in [-0.3, -0.25) is 0 Å². The van der Waals surface area contributed by atoms with Crippen molar-refractivity contribution in [1.29, 1.82) is 0 Å². The van der Waals surface area contributed by atoms with Crippen LogP contribution in [-0.2, 0) is 0 Å². The Kier molecular flexibility index (Phi) is 6.07. The van der Waals surface area contributed by atoms with Crippen LogP contribution in [0.4, 0.5) is 18.0 Å². The molecule has 0 aromatic carbocycles. The molecular formula is C10H17F3N2O2S. The number of likely N-dealkylation sites (tertiary alicyclic amines) is 1. The van der Waals surface area contributed by atoms with Crippen LogP contribution in [0.5, 0.6) is 0 Å². The molecular weight excluding hydrogens is 269 g/mol. The summed E-state index contributed by atoms with van der Waals surface area (Å²) >= 11 is -0.146. The zero-order valence-corrected chi connectivity index (χ0v) is 10.7. The van der Waals surface area contributed by atoms with E-state index < -0.39 is 5.51 Å². The van der Waals surface area contributed by atoms with Crippen LogP contribution < -0.4 is 5.32 Å². The Hall–Kier alpha value is -0.630. The molecule has 0 spiro atoms. The summed E-state index contributed by atoms with van der Waals surface area (Å²) in [6.45, 7) is 1.08. The van der Waals surface area contributed by atoms with E-state index in [0.717, 1.165) is 12.8 Å². The first-order chi connectivity index (χ1) is 8.42. The predicted molar refractivity (Wildman–Crippen MR) is 63.3 cm³/mol. The second-order valence-corrected chi connectivity index (χ2v) is 5.32. The van der Waals surface area contributed by atoms with Crippen LogP contribution in [0.2, 0.25) is 0 Å². The van der Waals surface area contributed by atoms with Gasteiger partial charge in [0.05, 0.1) is 0 Å². The summed E-state index contributed by atoms with van der Waals surface area (Å²) in [4.78, 5) is 13.2. The molecule has 0 aliphatic carbocycles. The number of carbonyl (C=O) groups excluding carboxylic acids is 1. The maximum Gasteiger partial charge on any atom is 0.441 e. The number of hydrogen-bond donors (Lipinski definition) is 2. The molecule has 1 aliphatic heterocycles. The van der Waals surface area contributed by atoms with E-state index in [1.165, 1.54) is 0 Å². The average molecular weight is 286 g/mol. The van der Waals surface area contributed by atoms with E-state index in [-0.39, 0.29) is 42.6 Å². The van der Waals surface area contributed by atoms with Gasteiger partial charge in [0.1, 0.15) is 0 Å². The van der Waals surface area contributed by atoms with Gasteiger partial charge in [-0.05, 0) is 30.5 Å². The van der Waals surface area contributed by atoms with Gasteiger partial charge < -0.3 is 15.3 Å². The lowest BCUT2D eigenvalue weighted by Gasteiger charge is -2.31. The van der Waals surface area contributed by atoms with Gasteiger partial charge in [-0.15, -0.1) is 0 Å². The van der Waals surface area contributed by atoms with Gasteiger partial charge in [-0.2, -0.15) is 13.2 Å². The predicted octanol–water partition coefficient (Wildman–Crippen LogP) is 1.65. The zero-order chi connectivity index (χ0) is 13.6. The van der Waals surface area contributed by atoms with Crippen LogP contribution >= 0.6 is 11.8 Å². The largest absolute Gasteiger partial charge is 0.441 e. The van der Waals surface area contributed by atoms with E-state index in [0.29, 0.717) is 13.1 Å². The number of carbonyl (C=O) groups is 1. The number of piperidine rings is 1. The zero-order valence-electron chi connectivity index (χ0n) is 9.87. The summed E-state index contributed by atoms with van der Waals surface area (Å²) in [5.74, 6) is -0.110. The molecule has 0 bridgehead atoms. The summed E-state index contributed by atoms with van der Waals surface area (Å²) < 4.78 is 35.5. The molecule has 1 fully saturated rings. The summed E-state index contributed by atoms with van der Waals surface area (Å²) in [7, 11) is 0. The molecule has 0 radical (unpaired) electrons. The Morgan fingerprint density at radius 2 is 2.22 bits per heavy atom. The Morgan fingerprint density at radius 1 is 1.50 bits per heavy atom. The number of nitrogens with zero attached hydrogens (tertiary/aromatic N) is 1. The number of hydrogen-bond acceptors (Lipinski definition) is 3. The van der Waals surface area contributed by atoms with Crippen molar-refractivity contribution in [3.63, 3.8) is 0 Å². The molecule has 106 valence electrons. The molecule has 1 atom stereocenters. The Balaban J connectivity index is 2.20. The number of aliphatic hydroxyl groups excluding tert-OH is 1. The molecule has 1 heterocycles. The maximum absolute atomic E-state index is 11.8. The Morgan fingerprint density at radius 3 is 2.83 bits per heavy atom. The quantitative estimate of drug-likeness (QED) is 0.773. The highest BCUT2D eigenvalue weighted by Gasteiger charge is 2.28. The Bertz CT molecular complexity index is 276. The van der Waals surface area contributed by atoms with Crippen molar-refractivity contribution in [3.8, 4) is 0 Å². The summed E-state index contributed by atoms with van der Waals surface area (Å²) in [5, 5.41) is 11.5. The molecule has 0 aromatic heterocycles. The highest BCUT2D eigenvalue weighted by atomic mass is 32.2. The Labute approximate surface area is 108 Å². The highest BCUT2D eigenvalue weighted by Crippen LogP contribution is 2.29. The third kappa shape index (κ3) is 5.81. The minimum Gasteiger partial charge on any atom is -0.396 e. The third-order valence-corrected chi connectivity index (χ3v) is 3.44. The molecule has 0 saturated carbocycles. The first kappa shape index (κ1) is 15.4. The fourth-order valence-electron chi connectivity index (χ4n) is 1.84. The molecule has 0 aromatic rings. The smallest absolute Gasteiger partial charge is 0.396 e. The van der Waals surface area contributed by atoms with Crippen LogP contribution in [0.3, 0.4) is 0 Å². The maximum atomic E-state index is 11.8. The van der Waals surface area contributed by atoms with E-state index >= 15 is 0 Å². The van der Waals surface area contributed by atoms with Crippen LogP contribution in [-0.4, -0.2) is 53.5 Å². The summed E-state index contributed by atoms with van der Waals surface area (Å²) in [6, 6.07) is -0.351. The van der Waals surface area contributed by atoms with Gasteiger partial charge in [0.25, 0.3) is 0 Å². The second-order valence-electron chi connectivity index (χ2n) is 4.16. The van der Waals surface area contributed by atoms with Crippen molar-refractivity contribution in [2.75, 3.05) is 32.0 Å². The van der Waals surface area contributed by atoms with Crippen LogP contribution in [0.25, 0.3) is 0 Å². The first-order valence-corrected chi connectivity index (χ1v) is 6.75. The topological polar surface area (TPSA) is 52.6 Å². The lowest BCUT2D eigenvalue weighted by molar-refractivity contribution is -0.0327. The number of amides is 2. The fourth-order valence-corrected chi connectivity index (χ4v) is 2.27. The van der Waals surface area contributed by atoms with Crippen molar-refractivity contribution >= 4 is 17.8 Å². The van der Waals surface area contributed by atoms with E-state index in [2.05, 4.69) is 5.32 Å². The number of thioether (sulfide) groups is 1. The van der Waals surface area contributed by atoms with Crippen molar-refractivity contribution in [3.05, 3.63) is 0 Å². The molecule has 18 heavy (non-hydrogen) atoms. The molecule has 2 N–H and O–H groups in total. The van der Waals surface area contributed by atoms with E-state index in [1.54, 1.807) is 4.90 Å². The van der Waals surface area contributed by atoms with Crippen molar-refractivity contribution in [2.24, 2.45) is 5.92 Å². The van der Waals surface area contributed by atoms with Gasteiger partial charge in [0.2, 0.25) is 0 Å². The molecule has 4 nitrogen and oxygen atoms in total.